The van der Waals surface area contributed by atoms with Crippen molar-refractivity contribution in [3.63, 3.8) is 0 Å². The number of carbonyl (C=O) groups excluding carboxylic acids is 1. The zero-order valence-electron chi connectivity index (χ0n) is 10.9. The molecule has 1 aliphatic heterocycles. The van der Waals surface area contributed by atoms with Crippen molar-refractivity contribution in [1.82, 2.24) is 10.2 Å². The van der Waals surface area contributed by atoms with Gasteiger partial charge in [0, 0.05) is 18.5 Å². The van der Waals surface area contributed by atoms with Gasteiger partial charge in [-0.25, -0.2) is 0 Å². The predicted molar refractivity (Wildman–Crippen MR) is 78.3 cm³/mol. The molecule has 2 rings (SSSR count). The minimum atomic E-state index is 0. The zero-order valence-corrected chi connectivity index (χ0v) is 12.5. The van der Waals surface area contributed by atoms with E-state index in [1.54, 1.807) is 11.3 Å². The highest BCUT2D eigenvalue weighted by atomic mass is 35.5. The number of carbonyl (C=O) groups is 1. The second kappa shape index (κ2) is 7.12. The van der Waals surface area contributed by atoms with Crippen LogP contribution in [0, 0.1) is 5.92 Å². The molecule has 1 aliphatic rings. The summed E-state index contributed by atoms with van der Waals surface area (Å²) in [6.07, 6.45) is 2.13. The fraction of sp³-hybridized carbons (Fsp3) is 0.615. The highest BCUT2D eigenvalue weighted by Crippen LogP contribution is 2.25. The lowest BCUT2D eigenvalue weighted by atomic mass is 9.97. The molecule has 2 unspecified atom stereocenters. The summed E-state index contributed by atoms with van der Waals surface area (Å²) < 4.78 is 0. The van der Waals surface area contributed by atoms with Gasteiger partial charge in [-0.1, -0.05) is 6.07 Å². The molecule has 102 valence electrons. The van der Waals surface area contributed by atoms with Crippen LogP contribution in [-0.4, -0.2) is 30.9 Å². The maximum absolute atomic E-state index is 12.3. The molecule has 0 saturated carbocycles. The normalized spacial score (nSPS) is 20.9. The number of piperidine rings is 1. The average Bonchev–Trinajstić information content (AvgIpc) is 2.91. The van der Waals surface area contributed by atoms with E-state index >= 15 is 0 Å². The molecule has 1 N–H and O–H groups in total. The summed E-state index contributed by atoms with van der Waals surface area (Å²) in [6.45, 7) is 3.98. The molecule has 1 amide bonds. The smallest absolute Gasteiger partial charge is 0.227 e. The SMILES string of the molecule is CC(c1cccs1)N(C)C(=O)C1CCCNC1.Cl. The number of nitrogens with one attached hydrogen (secondary N) is 1. The lowest BCUT2D eigenvalue weighted by Gasteiger charge is -2.30. The molecule has 0 spiro atoms. The topological polar surface area (TPSA) is 32.3 Å². The number of amides is 1. The van der Waals surface area contributed by atoms with Crippen LogP contribution in [0.4, 0.5) is 0 Å². The van der Waals surface area contributed by atoms with Gasteiger partial charge in [0.1, 0.15) is 0 Å². The van der Waals surface area contributed by atoms with E-state index in [1.165, 1.54) is 4.88 Å². The molecule has 5 heteroatoms. The largest absolute Gasteiger partial charge is 0.338 e. The number of nitrogens with zero attached hydrogens (tertiary/aromatic N) is 1. The quantitative estimate of drug-likeness (QED) is 0.927. The van der Waals surface area contributed by atoms with Crippen molar-refractivity contribution in [2.24, 2.45) is 5.92 Å². The second-order valence-corrected chi connectivity index (χ2v) is 5.66. The molecule has 0 bridgehead atoms. The van der Waals surface area contributed by atoms with Crippen molar-refractivity contribution in [1.29, 1.82) is 0 Å². The first kappa shape index (κ1) is 15.5. The van der Waals surface area contributed by atoms with Gasteiger partial charge in [-0.05, 0) is 37.8 Å². The monoisotopic (exact) mass is 288 g/mol. The molecule has 0 aromatic carbocycles. The Hall–Kier alpha value is -0.580. The van der Waals surface area contributed by atoms with Crippen molar-refractivity contribution in [3.05, 3.63) is 22.4 Å². The zero-order chi connectivity index (χ0) is 12.3. The van der Waals surface area contributed by atoms with Crippen molar-refractivity contribution < 1.29 is 4.79 Å². The molecule has 2 heterocycles. The number of hydrogen-bond donors (Lipinski definition) is 1. The summed E-state index contributed by atoms with van der Waals surface area (Å²) in [6, 6.07) is 4.32. The summed E-state index contributed by atoms with van der Waals surface area (Å²) in [7, 11) is 1.92. The van der Waals surface area contributed by atoms with Crippen molar-refractivity contribution >= 4 is 29.7 Å². The molecule has 1 aromatic rings. The van der Waals surface area contributed by atoms with E-state index in [0.717, 1.165) is 25.9 Å². The minimum Gasteiger partial charge on any atom is -0.338 e. The Morgan fingerprint density at radius 1 is 1.61 bits per heavy atom. The van der Waals surface area contributed by atoms with E-state index in [1.807, 2.05) is 18.0 Å². The Morgan fingerprint density at radius 2 is 2.39 bits per heavy atom. The number of hydrogen-bond acceptors (Lipinski definition) is 3. The van der Waals surface area contributed by atoms with Gasteiger partial charge in [0.15, 0.2) is 0 Å². The van der Waals surface area contributed by atoms with Crippen LogP contribution in [0.1, 0.15) is 30.7 Å². The molecule has 1 saturated heterocycles. The third-order valence-electron chi connectivity index (χ3n) is 3.53. The van der Waals surface area contributed by atoms with Crippen LogP contribution in [0.25, 0.3) is 0 Å². The van der Waals surface area contributed by atoms with Gasteiger partial charge in [-0.15, -0.1) is 23.7 Å². The lowest BCUT2D eigenvalue weighted by molar-refractivity contribution is -0.136. The highest BCUT2D eigenvalue weighted by Gasteiger charge is 2.27. The van der Waals surface area contributed by atoms with Crippen molar-refractivity contribution in [2.45, 2.75) is 25.8 Å². The van der Waals surface area contributed by atoms with Crippen LogP contribution in [-0.2, 0) is 4.79 Å². The van der Waals surface area contributed by atoms with Crippen molar-refractivity contribution in [2.75, 3.05) is 20.1 Å². The maximum Gasteiger partial charge on any atom is 0.227 e. The molecule has 18 heavy (non-hydrogen) atoms. The predicted octanol–water partition coefficient (Wildman–Crippen LogP) is 2.69. The Labute approximate surface area is 119 Å². The summed E-state index contributed by atoms with van der Waals surface area (Å²) >= 11 is 1.71. The van der Waals surface area contributed by atoms with Gasteiger partial charge in [0.05, 0.1) is 12.0 Å². The number of halogens is 1. The van der Waals surface area contributed by atoms with Gasteiger partial charge < -0.3 is 10.2 Å². The summed E-state index contributed by atoms with van der Waals surface area (Å²) in [5.41, 5.74) is 0. The van der Waals surface area contributed by atoms with Crippen LogP contribution >= 0.6 is 23.7 Å². The number of rotatable bonds is 3. The first-order chi connectivity index (χ1) is 8.20. The Morgan fingerprint density at radius 3 is 2.94 bits per heavy atom. The molecular formula is C13H21ClN2OS. The Bertz CT molecular complexity index is 363. The van der Waals surface area contributed by atoms with E-state index in [4.69, 9.17) is 0 Å². The molecular weight excluding hydrogens is 268 g/mol. The Kier molecular flexibility index (Phi) is 6.12. The third kappa shape index (κ3) is 3.46. The molecule has 1 aromatic heterocycles. The van der Waals surface area contributed by atoms with Gasteiger partial charge in [0.25, 0.3) is 0 Å². The second-order valence-electron chi connectivity index (χ2n) is 4.68. The molecule has 2 atom stereocenters. The van der Waals surface area contributed by atoms with E-state index < -0.39 is 0 Å². The lowest BCUT2D eigenvalue weighted by Crippen LogP contribution is -2.42. The van der Waals surface area contributed by atoms with Gasteiger partial charge in [0.2, 0.25) is 5.91 Å². The molecule has 0 aliphatic carbocycles. The maximum atomic E-state index is 12.3. The van der Waals surface area contributed by atoms with E-state index in [2.05, 4.69) is 23.7 Å². The first-order valence-corrected chi connectivity index (χ1v) is 7.09. The van der Waals surface area contributed by atoms with Gasteiger partial charge >= 0.3 is 0 Å². The average molecular weight is 289 g/mol. The van der Waals surface area contributed by atoms with Crippen molar-refractivity contribution in [3.8, 4) is 0 Å². The summed E-state index contributed by atoms with van der Waals surface area (Å²) in [4.78, 5) is 15.5. The fourth-order valence-corrected chi connectivity index (χ4v) is 3.09. The molecule has 0 radical (unpaired) electrons. The van der Waals surface area contributed by atoms with Crippen LogP contribution in [0.2, 0.25) is 0 Å². The number of thiophene rings is 1. The van der Waals surface area contributed by atoms with E-state index in [0.29, 0.717) is 0 Å². The summed E-state index contributed by atoms with van der Waals surface area (Å²) in [5.74, 6) is 0.439. The highest BCUT2D eigenvalue weighted by molar-refractivity contribution is 7.10. The van der Waals surface area contributed by atoms with E-state index in [-0.39, 0.29) is 30.3 Å². The van der Waals surface area contributed by atoms with E-state index in [9.17, 15) is 4.79 Å². The first-order valence-electron chi connectivity index (χ1n) is 6.21. The van der Waals surface area contributed by atoms with Crippen LogP contribution in [0.5, 0.6) is 0 Å². The standard InChI is InChI=1S/C13H20N2OS.ClH/c1-10(12-6-4-8-17-12)15(2)13(16)11-5-3-7-14-9-11;/h4,6,8,10-11,14H,3,5,7,9H2,1-2H3;1H. The fourth-order valence-electron chi connectivity index (χ4n) is 2.26. The third-order valence-corrected chi connectivity index (χ3v) is 4.57. The molecule has 3 nitrogen and oxygen atoms in total. The van der Waals surface area contributed by atoms with Crippen LogP contribution in [0.15, 0.2) is 17.5 Å². The van der Waals surface area contributed by atoms with Crippen LogP contribution < -0.4 is 5.32 Å². The van der Waals surface area contributed by atoms with Crippen LogP contribution in [0.3, 0.4) is 0 Å². The van der Waals surface area contributed by atoms with Gasteiger partial charge in [-0.2, -0.15) is 0 Å². The molecule has 1 fully saturated rings. The Balaban J connectivity index is 0.00000162. The van der Waals surface area contributed by atoms with Gasteiger partial charge in [-0.3, -0.25) is 4.79 Å². The minimum absolute atomic E-state index is 0. The summed E-state index contributed by atoms with van der Waals surface area (Å²) in [5, 5.41) is 5.36.